The van der Waals surface area contributed by atoms with E-state index in [0.717, 1.165) is 6.54 Å². The predicted molar refractivity (Wildman–Crippen MR) is 81.0 cm³/mol. The molecule has 0 amide bonds. The van der Waals surface area contributed by atoms with Crippen molar-refractivity contribution in [2.45, 2.75) is 19.5 Å². The molecule has 0 radical (unpaired) electrons. The van der Waals surface area contributed by atoms with Gasteiger partial charge in [-0.3, -0.25) is 4.79 Å². The Morgan fingerprint density at radius 1 is 1.52 bits per heavy atom. The Kier molecular flexibility index (Phi) is 5.02. The third-order valence-corrected chi connectivity index (χ3v) is 3.63. The van der Waals surface area contributed by atoms with Crippen molar-refractivity contribution in [3.05, 3.63) is 26.8 Å². The summed E-state index contributed by atoms with van der Waals surface area (Å²) in [6.07, 6.45) is 1.61. The predicted octanol–water partition coefficient (Wildman–Crippen LogP) is 0.254. The van der Waals surface area contributed by atoms with E-state index in [2.05, 4.69) is 47.0 Å². The van der Waals surface area contributed by atoms with E-state index in [0.29, 0.717) is 22.5 Å². The van der Waals surface area contributed by atoms with Crippen molar-refractivity contribution in [2.75, 3.05) is 26.0 Å². The van der Waals surface area contributed by atoms with Crippen LogP contribution in [0.1, 0.15) is 18.8 Å². The number of halogens is 1. The Balaban J connectivity index is 2.15. The highest BCUT2D eigenvalue weighted by molar-refractivity contribution is 9.10. The molecule has 2 rings (SSSR count). The van der Waals surface area contributed by atoms with Gasteiger partial charge in [0.1, 0.15) is 4.47 Å². The summed E-state index contributed by atoms with van der Waals surface area (Å²) in [6, 6.07) is -0.195. The van der Waals surface area contributed by atoms with Gasteiger partial charge in [0.15, 0.2) is 5.82 Å². The fourth-order valence-electron chi connectivity index (χ4n) is 1.67. The van der Waals surface area contributed by atoms with E-state index in [1.54, 1.807) is 6.20 Å². The van der Waals surface area contributed by atoms with E-state index in [4.69, 9.17) is 0 Å². The van der Waals surface area contributed by atoms with Crippen molar-refractivity contribution in [1.82, 2.24) is 35.3 Å². The Bertz CT molecular complexity index is 638. The number of rotatable bonds is 6. The van der Waals surface area contributed by atoms with Gasteiger partial charge in [-0.2, -0.15) is 10.3 Å². The number of aromatic amines is 1. The molecule has 0 spiro atoms. The Hall–Kier alpha value is -1.81. The van der Waals surface area contributed by atoms with Crippen LogP contribution in [-0.2, 0) is 6.54 Å². The lowest BCUT2D eigenvalue weighted by Gasteiger charge is -2.14. The maximum atomic E-state index is 12.2. The molecule has 2 aromatic rings. The van der Waals surface area contributed by atoms with Gasteiger partial charge in [-0.1, -0.05) is 5.21 Å². The van der Waals surface area contributed by atoms with E-state index in [-0.39, 0.29) is 11.6 Å². The van der Waals surface area contributed by atoms with Crippen LogP contribution in [0.3, 0.4) is 0 Å². The molecule has 0 aliphatic rings. The van der Waals surface area contributed by atoms with E-state index < -0.39 is 0 Å². The van der Waals surface area contributed by atoms with E-state index >= 15 is 0 Å². The number of anilines is 1. The van der Waals surface area contributed by atoms with Gasteiger partial charge in [-0.25, -0.2) is 4.68 Å². The Morgan fingerprint density at radius 2 is 2.29 bits per heavy atom. The lowest BCUT2D eigenvalue weighted by Crippen LogP contribution is -2.29. The molecule has 9 nitrogen and oxygen atoms in total. The third-order valence-electron chi connectivity index (χ3n) is 2.86. The number of hydrogen-bond donors (Lipinski definition) is 2. The highest BCUT2D eigenvalue weighted by atomic mass is 79.9. The monoisotopic (exact) mass is 356 g/mol. The van der Waals surface area contributed by atoms with Gasteiger partial charge < -0.3 is 10.2 Å². The molecule has 0 saturated heterocycles. The van der Waals surface area contributed by atoms with Crippen LogP contribution in [0.25, 0.3) is 0 Å². The van der Waals surface area contributed by atoms with Gasteiger partial charge in [0.25, 0.3) is 5.56 Å². The number of likely N-dealkylation sites (N-methyl/N-ethyl adjacent to an activating group) is 1. The van der Waals surface area contributed by atoms with Crippen LogP contribution < -0.4 is 10.9 Å². The maximum Gasteiger partial charge on any atom is 0.283 e. The van der Waals surface area contributed by atoms with Crippen LogP contribution in [-0.4, -0.2) is 55.9 Å². The molecule has 2 N–H and O–H groups in total. The van der Waals surface area contributed by atoms with Gasteiger partial charge in [0, 0.05) is 6.54 Å². The fraction of sp³-hybridized carbons (Fsp3) is 0.545. The highest BCUT2D eigenvalue weighted by Crippen LogP contribution is 2.21. The van der Waals surface area contributed by atoms with Crippen molar-refractivity contribution in [3.8, 4) is 0 Å². The number of tetrazole rings is 1. The third kappa shape index (κ3) is 3.85. The first kappa shape index (κ1) is 15.6. The molecule has 0 aliphatic heterocycles. The molecule has 0 saturated carbocycles. The van der Waals surface area contributed by atoms with Crippen LogP contribution >= 0.6 is 15.9 Å². The number of aromatic nitrogens is 6. The van der Waals surface area contributed by atoms with Gasteiger partial charge >= 0.3 is 0 Å². The molecule has 21 heavy (non-hydrogen) atoms. The second-order valence-electron chi connectivity index (χ2n) is 4.84. The van der Waals surface area contributed by atoms with Crippen LogP contribution in [0, 0.1) is 0 Å². The molecule has 10 heteroatoms. The van der Waals surface area contributed by atoms with Gasteiger partial charge in [0.05, 0.1) is 24.5 Å². The largest absolute Gasteiger partial charge is 0.373 e. The number of nitrogens with zero attached hydrogens (tertiary/aromatic N) is 6. The number of hydrogen-bond acceptors (Lipinski definition) is 7. The fourth-order valence-corrected chi connectivity index (χ4v) is 2.09. The maximum absolute atomic E-state index is 12.2. The minimum atomic E-state index is -0.195. The summed E-state index contributed by atoms with van der Waals surface area (Å²) in [7, 11) is 3.89. The van der Waals surface area contributed by atoms with E-state index in [9.17, 15) is 4.79 Å². The lowest BCUT2D eigenvalue weighted by atomic mass is 10.3. The quantitative estimate of drug-likeness (QED) is 0.764. The zero-order valence-corrected chi connectivity index (χ0v) is 13.6. The molecule has 1 unspecified atom stereocenters. The van der Waals surface area contributed by atoms with Crippen molar-refractivity contribution in [1.29, 1.82) is 0 Å². The average Bonchev–Trinajstić information content (AvgIpc) is 2.97. The van der Waals surface area contributed by atoms with Crippen LogP contribution in [0.5, 0.6) is 0 Å². The van der Waals surface area contributed by atoms with E-state index in [1.807, 2.05) is 25.9 Å². The minimum Gasteiger partial charge on any atom is -0.373 e. The van der Waals surface area contributed by atoms with Crippen LogP contribution in [0.2, 0.25) is 0 Å². The molecule has 114 valence electrons. The van der Waals surface area contributed by atoms with Crippen LogP contribution in [0.15, 0.2) is 15.5 Å². The summed E-state index contributed by atoms with van der Waals surface area (Å²) >= 11 is 3.32. The summed E-state index contributed by atoms with van der Waals surface area (Å²) in [5, 5.41) is 21.0. The number of nitrogens with one attached hydrogen (secondary N) is 2. The molecule has 0 bridgehead atoms. The first-order valence-corrected chi connectivity index (χ1v) is 7.18. The second-order valence-corrected chi connectivity index (χ2v) is 5.63. The first-order chi connectivity index (χ1) is 9.99. The smallest absolute Gasteiger partial charge is 0.283 e. The van der Waals surface area contributed by atoms with Gasteiger partial charge in [0.2, 0.25) is 0 Å². The van der Waals surface area contributed by atoms with Gasteiger partial charge in [-0.05, 0) is 36.9 Å². The molecular weight excluding hydrogens is 340 g/mol. The summed E-state index contributed by atoms with van der Waals surface area (Å²) < 4.78 is 1.86. The molecule has 0 aromatic carbocycles. The molecule has 0 aliphatic carbocycles. The molecule has 2 heterocycles. The highest BCUT2D eigenvalue weighted by Gasteiger charge is 2.14. The average molecular weight is 357 g/mol. The van der Waals surface area contributed by atoms with Crippen molar-refractivity contribution < 1.29 is 0 Å². The second kappa shape index (κ2) is 6.76. The SMILES string of the molecule is CC(Nc1cnn(CCN(C)C)c(=O)c1Br)c1nn[nH]n1. The summed E-state index contributed by atoms with van der Waals surface area (Å²) in [6.45, 7) is 3.14. The Labute approximate surface area is 129 Å². The summed E-state index contributed by atoms with van der Waals surface area (Å²) in [5.41, 5.74) is 0.417. The molecule has 1 atom stereocenters. The number of H-pyrrole nitrogens is 1. The zero-order chi connectivity index (χ0) is 15.4. The molecule has 0 fully saturated rings. The van der Waals surface area contributed by atoms with E-state index in [1.165, 1.54) is 4.68 Å². The molecular formula is C11H17BrN8O. The normalized spacial score (nSPS) is 12.6. The van der Waals surface area contributed by atoms with Crippen molar-refractivity contribution >= 4 is 21.6 Å². The summed E-state index contributed by atoms with van der Waals surface area (Å²) in [5.74, 6) is 0.513. The topological polar surface area (TPSA) is 105 Å². The van der Waals surface area contributed by atoms with Crippen molar-refractivity contribution in [3.63, 3.8) is 0 Å². The molecule has 2 aromatic heterocycles. The first-order valence-electron chi connectivity index (χ1n) is 6.39. The van der Waals surface area contributed by atoms with Crippen molar-refractivity contribution in [2.24, 2.45) is 0 Å². The zero-order valence-electron chi connectivity index (χ0n) is 12.0. The minimum absolute atomic E-state index is 0.179. The van der Waals surface area contributed by atoms with Crippen LogP contribution in [0.4, 0.5) is 5.69 Å². The van der Waals surface area contributed by atoms with Gasteiger partial charge in [-0.15, -0.1) is 10.2 Å². The summed E-state index contributed by atoms with van der Waals surface area (Å²) in [4.78, 5) is 14.2. The Morgan fingerprint density at radius 3 is 2.90 bits per heavy atom. The standard InChI is InChI=1S/C11H17BrN8O/c1-7(10-15-17-18-16-10)14-8-6-13-20(5-4-19(2)3)11(21)9(8)12/h6-7,14H,4-5H2,1-3H3,(H,15,16,17,18). The lowest BCUT2D eigenvalue weighted by molar-refractivity contribution is 0.367.